The second-order valence-electron chi connectivity index (χ2n) is 4.36. The Labute approximate surface area is 112 Å². The number of aromatic nitrogens is 3. The van der Waals surface area contributed by atoms with Gasteiger partial charge in [0.15, 0.2) is 0 Å². The van der Waals surface area contributed by atoms with Crippen molar-refractivity contribution in [3.63, 3.8) is 0 Å². The smallest absolute Gasteiger partial charge is 0.296 e. The number of hydrogen-bond donors (Lipinski definition) is 0. The van der Waals surface area contributed by atoms with Crippen LogP contribution in [0.15, 0.2) is 48.8 Å². The number of halogens is 3. The number of benzene rings is 1. The van der Waals surface area contributed by atoms with Gasteiger partial charge in [-0.05, 0) is 18.2 Å². The largest absolute Gasteiger partial charge is 0.396 e. The zero-order valence-electron chi connectivity index (χ0n) is 10.3. The van der Waals surface area contributed by atoms with E-state index in [9.17, 15) is 13.2 Å². The average Bonchev–Trinajstić information content (AvgIpc) is 2.75. The Hall–Kier alpha value is -2.37. The third-order valence-electron chi connectivity index (χ3n) is 2.90. The molecule has 0 saturated carbocycles. The Morgan fingerprint density at radius 3 is 2.50 bits per heavy atom. The van der Waals surface area contributed by atoms with E-state index in [1.807, 2.05) is 6.07 Å². The lowest BCUT2D eigenvalue weighted by Gasteiger charge is -2.10. The molecule has 2 aromatic heterocycles. The number of rotatable bonds is 2. The summed E-state index contributed by atoms with van der Waals surface area (Å²) in [6.07, 6.45) is -2.37. The van der Waals surface area contributed by atoms with Gasteiger partial charge in [0.1, 0.15) is 17.8 Å². The first-order valence-electron chi connectivity index (χ1n) is 5.98. The highest BCUT2D eigenvalue weighted by atomic mass is 19.4. The monoisotopic (exact) mass is 277 g/mol. The summed E-state index contributed by atoms with van der Waals surface area (Å²) in [6, 6.07) is 10.5. The Bertz CT molecular complexity index is 732. The van der Waals surface area contributed by atoms with E-state index in [-0.39, 0.29) is 5.82 Å². The van der Waals surface area contributed by atoms with E-state index in [1.54, 1.807) is 36.5 Å². The Balaban J connectivity index is 2.24. The van der Waals surface area contributed by atoms with Crippen LogP contribution in [0.5, 0.6) is 0 Å². The topological polar surface area (TPSA) is 30.7 Å². The van der Waals surface area contributed by atoms with Crippen molar-refractivity contribution in [2.75, 3.05) is 0 Å². The van der Waals surface area contributed by atoms with Gasteiger partial charge in [0, 0.05) is 11.9 Å². The molecule has 0 aliphatic heterocycles. The molecular weight excluding hydrogens is 267 g/mol. The molecular formula is C14H10F3N3. The summed E-state index contributed by atoms with van der Waals surface area (Å²) in [6.45, 7) is 0. The fourth-order valence-electron chi connectivity index (χ4n) is 2.15. The first-order valence-corrected chi connectivity index (χ1v) is 5.98. The molecule has 0 fully saturated rings. The summed E-state index contributed by atoms with van der Waals surface area (Å²) in [7, 11) is 0. The minimum Gasteiger partial charge on any atom is -0.296 e. The predicted octanol–water partition coefficient (Wildman–Crippen LogP) is 3.53. The van der Waals surface area contributed by atoms with Crippen LogP contribution in [0.2, 0.25) is 0 Å². The lowest BCUT2D eigenvalue weighted by Crippen LogP contribution is -2.15. The van der Waals surface area contributed by atoms with Crippen LogP contribution in [-0.4, -0.2) is 20.7 Å². The highest BCUT2D eigenvalue weighted by Gasteiger charge is 2.31. The van der Waals surface area contributed by atoms with Crippen LogP contribution in [0, 0.1) is 0 Å². The Morgan fingerprint density at radius 1 is 1.05 bits per heavy atom. The van der Waals surface area contributed by atoms with Crippen LogP contribution >= 0.6 is 0 Å². The van der Waals surface area contributed by atoms with Gasteiger partial charge < -0.3 is 0 Å². The molecule has 0 atom stereocenters. The van der Waals surface area contributed by atoms with Gasteiger partial charge in [-0.2, -0.15) is 13.2 Å². The number of imidazole rings is 1. The van der Waals surface area contributed by atoms with Crippen molar-refractivity contribution in [3.05, 3.63) is 54.6 Å². The van der Waals surface area contributed by atoms with E-state index in [1.165, 1.54) is 10.8 Å². The molecule has 3 nitrogen and oxygen atoms in total. The second kappa shape index (κ2) is 4.63. The molecule has 0 aliphatic rings. The molecule has 102 valence electrons. The number of alkyl halides is 3. The fourth-order valence-corrected chi connectivity index (χ4v) is 2.15. The maximum Gasteiger partial charge on any atom is 0.396 e. The normalized spacial score (nSPS) is 11.9. The van der Waals surface area contributed by atoms with Crippen molar-refractivity contribution in [2.45, 2.75) is 12.6 Å². The molecule has 0 bridgehead atoms. The summed E-state index contributed by atoms with van der Waals surface area (Å²) in [5.74, 6) is -0.0355. The van der Waals surface area contributed by atoms with Crippen molar-refractivity contribution < 1.29 is 13.2 Å². The van der Waals surface area contributed by atoms with Gasteiger partial charge in [-0.3, -0.25) is 9.55 Å². The zero-order valence-corrected chi connectivity index (χ0v) is 10.3. The van der Waals surface area contributed by atoms with E-state index in [2.05, 4.69) is 9.97 Å². The van der Waals surface area contributed by atoms with Gasteiger partial charge in [0.25, 0.3) is 0 Å². The van der Waals surface area contributed by atoms with Crippen LogP contribution in [0.3, 0.4) is 0 Å². The second-order valence-corrected chi connectivity index (χ2v) is 4.36. The van der Waals surface area contributed by atoms with Crippen LogP contribution in [-0.2, 0) is 6.42 Å². The molecule has 0 unspecified atom stereocenters. The number of para-hydroxylation sites is 1. The van der Waals surface area contributed by atoms with E-state index < -0.39 is 12.6 Å². The van der Waals surface area contributed by atoms with Crippen molar-refractivity contribution in [1.29, 1.82) is 0 Å². The summed E-state index contributed by atoms with van der Waals surface area (Å²) in [4.78, 5) is 7.96. The summed E-state index contributed by atoms with van der Waals surface area (Å²) < 4.78 is 39.6. The summed E-state index contributed by atoms with van der Waals surface area (Å²) in [5, 5.41) is 0. The lowest BCUT2D eigenvalue weighted by atomic mass is 10.3. The van der Waals surface area contributed by atoms with Crippen molar-refractivity contribution >= 4 is 11.0 Å². The first kappa shape index (κ1) is 12.7. The maximum atomic E-state index is 12.7. The first-order chi connectivity index (χ1) is 9.54. The van der Waals surface area contributed by atoms with Crippen LogP contribution < -0.4 is 0 Å². The van der Waals surface area contributed by atoms with E-state index in [0.717, 1.165) is 0 Å². The van der Waals surface area contributed by atoms with Crippen LogP contribution in [0.4, 0.5) is 13.2 Å². The third kappa shape index (κ3) is 2.36. The van der Waals surface area contributed by atoms with E-state index in [0.29, 0.717) is 16.7 Å². The molecule has 2 heterocycles. The molecule has 3 aromatic rings. The fraction of sp³-hybridized carbons (Fsp3) is 0.143. The minimum absolute atomic E-state index is 0.0355. The van der Waals surface area contributed by atoms with Gasteiger partial charge >= 0.3 is 6.18 Å². The van der Waals surface area contributed by atoms with Crippen molar-refractivity contribution in [2.24, 2.45) is 0 Å². The molecule has 3 rings (SSSR count). The molecule has 0 aliphatic carbocycles. The minimum atomic E-state index is -4.30. The third-order valence-corrected chi connectivity index (χ3v) is 2.90. The number of hydrogen-bond acceptors (Lipinski definition) is 2. The van der Waals surface area contributed by atoms with Gasteiger partial charge in [-0.25, -0.2) is 4.98 Å². The predicted molar refractivity (Wildman–Crippen MR) is 68.6 cm³/mol. The molecule has 0 amide bonds. The SMILES string of the molecule is FC(F)(F)Cc1nc2cnccc2n1-c1ccccc1. The standard InChI is InChI=1S/C14H10F3N3/c15-14(16,17)8-13-19-11-9-18-7-6-12(11)20(13)10-4-2-1-3-5-10/h1-7,9H,8H2. The zero-order chi connectivity index (χ0) is 14.2. The molecule has 0 saturated heterocycles. The highest BCUT2D eigenvalue weighted by Crippen LogP contribution is 2.26. The average molecular weight is 277 g/mol. The molecule has 0 N–H and O–H groups in total. The number of nitrogens with zero attached hydrogens (tertiary/aromatic N) is 3. The molecule has 1 aromatic carbocycles. The summed E-state index contributed by atoms with van der Waals surface area (Å²) >= 11 is 0. The number of pyridine rings is 1. The molecule has 20 heavy (non-hydrogen) atoms. The van der Waals surface area contributed by atoms with Gasteiger partial charge in [0.05, 0.1) is 11.7 Å². The van der Waals surface area contributed by atoms with Crippen LogP contribution in [0.1, 0.15) is 5.82 Å². The Morgan fingerprint density at radius 2 is 1.80 bits per heavy atom. The van der Waals surface area contributed by atoms with E-state index >= 15 is 0 Å². The van der Waals surface area contributed by atoms with Gasteiger partial charge in [0.2, 0.25) is 0 Å². The van der Waals surface area contributed by atoms with Crippen molar-refractivity contribution in [1.82, 2.24) is 14.5 Å². The van der Waals surface area contributed by atoms with Gasteiger partial charge in [-0.15, -0.1) is 0 Å². The maximum absolute atomic E-state index is 12.7. The van der Waals surface area contributed by atoms with Crippen molar-refractivity contribution in [3.8, 4) is 5.69 Å². The number of fused-ring (bicyclic) bond motifs is 1. The quantitative estimate of drug-likeness (QED) is 0.717. The van der Waals surface area contributed by atoms with Gasteiger partial charge in [-0.1, -0.05) is 18.2 Å². The van der Waals surface area contributed by atoms with E-state index in [4.69, 9.17) is 0 Å². The summed E-state index contributed by atoms with van der Waals surface area (Å²) in [5.41, 5.74) is 1.72. The van der Waals surface area contributed by atoms with Crippen LogP contribution in [0.25, 0.3) is 16.7 Å². The highest BCUT2D eigenvalue weighted by molar-refractivity contribution is 5.77. The molecule has 0 spiro atoms. The molecule has 6 heteroatoms. The lowest BCUT2D eigenvalue weighted by molar-refractivity contribution is -0.128. The molecule has 0 radical (unpaired) electrons. The Kier molecular flexibility index (Phi) is 2.93.